The van der Waals surface area contributed by atoms with Gasteiger partial charge in [0.15, 0.2) is 29.1 Å². The third-order valence-corrected chi connectivity index (χ3v) is 4.14. The van der Waals surface area contributed by atoms with Gasteiger partial charge in [0.25, 0.3) is 0 Å². The molecule has 0 spiro atoms. The van der Waals surface area contributed by atoms with E-state index < -0.39 is 12.2 Å². The summed E-state index contributed by atoms with van der Waals surface area (Å²) in [5, 5.41) is 19.7. The first kappa shape index (κ1) is 21.3. The number of aliphatic hydroxyl groups excluding tert-OH is 1. The highest BCUT2D eigenvalue weighted by Gasteiger charge is 2.26. The second kappa shape index (κ2) is 10.3. The summed E-state index contributed by atoms with van der Waals surface area (Å²) in [4.78, 5) is 10.5. The van der Waals surface area contributed by atoms with E-state index in [4.69, 9.17) is 18.9 Å². The largest absolute Gasteiger partial charge is 0.504 e. The van der Waals surface area contributed by atoms with Crippen LogP contribution in [-0.4, -0.2) is 50.5 Å². The average Bonchev–Trinajstić information content (AvgIpc) is 2.73. The number of hydrogen-bond donors (Lipinski definition) is 2. The maximum atomic E-state index is 10.5. The molecule has 0 saturated heterocycles. The van der Waals surface area contributed by atoms with Gasteiger partial charge in [0.05, 0.1) is 20.8 Å². The van der Waals surface area contributed by atoms with Crippen molar-refractivity contribution >= 4 is 12.4 Å². The zero-order valence-corrected chi connectivity index (χ0v) is 16.0. The highest BCUT2D eigenvalue weighted by atomic mass is 16.6. The Balaban J connectivity index is 2.31. The van der Waals surface area contributed by atoms with E-state index in [1.54, 1.807) is 36.4 Å². The van der Waals surface area contributed by atoms with Crippen LogP contribution < -0.4 is 14.2 Å². The van der Waals surface area contributed by atoms with Crippen molar-refractivity contribution in [1.29, 1.82) is 0 Å². The van der Waals surface area contributed by atoms with Gasteiger partial charge >= 0.3 is 0 Å². The predicted octanol–water partition coefficient (Wildman–Crippen LogP) is 2.75. The zero-order chi connectivity index (χ0) is 20.5. The summed E-state index contributed by atoms with van der Waals surface area (Å²) in [7, 11) is 4.45. The van der Waals surface area contributed by atoms with E-state index in [1.165, 1.54) is 33.5 Å². The molecule has 0 bridgehead atoms. The Kier molecular flexibility index (Phi) is 7.86. The van der Waals surface area contributed by atoms with Gasteiger partial charge in [-0.25, -0.2) is 0 Å². The number of phenolic OH excluding ortho intramolecular Hbond substituents is 1. The highest BCUT2D eigenvalue weighted by Crippen LogP contribution is 2.35. The summed E-state index contributed by atoms with van der Waals surface area (Å²) < 4.78 is 22.0. The van der Waals surface area contributed by atoms with Gasteiger partial charge in [-0.3, -0.25) is 4.79 Å². The van der Waals surface area contributed by atoms with E-state index in [9.17, 15) is 15.0 Å². The summed E-state index contributed by atoms with van der Waals surface area (Å²) in [5.74, 6) is 1.16. The van der Waals surface area contributed by atoms with E-state index in [1.807, 2.05) is 0 Å². The van der Waals surface area contributed by atoms with Gasteiger partial charge in [-0.2, -0.15) is 0 Å². The molecule has 7 nitrogen and oxygen atoms in total. The van der Waals surface area contributed by atoms with E-state index >= 15 is 0 Å². The molecule has 0 aliphatic rings. The molecule has 0 amide bonds. The molecule has 2 N–H and O–H groups in total. The number of aromatic hydroxyl groups is 1. The van der Waals surface area contributed by atoms with Crippen LogP contribution in [0.1, 0.15) is 17.2 Å². The lowest BCUT2D eigenvalue weighted by Gasteiger charge is -2.27. The summed E-state index contributed by atoms with van der Waals surface area (Å²) in [6, 6.07) is 9.95. The molecule has 0 aromatic heterocycles. The fourth-order valence-corrected chi connectivity index (χ4v) is 2.77. The molecule has 0 heterocycles. The van der Waals surface area contributed by atoms with Gasteiger partial charge < -0.3 is 29.2 Å². The van der Waals surface area contributed by atoms with Crippen LogP contribution in [-0.2, 0) is 9.53 Å². The minimum Gasteiger partial charge on any atom is -0.504 e. The van der Waals surface area contributed by atoms with Crippen molar-refractivity contribution in [2.24, 2.45) is 0 Å². The fraction of sp³-hybridized carbons (Fsp3) is 0.286. The number of allylic oxidation sites excluding steroid dienone is 1. The molecule has 7 heteroatoms. The second-order valence-electron chi connectivity index (χ2n) is 5.83. The number of ether oxygens (including phenoxy) is 4. The van der Waals surface area contributed by atoms with Crippen LogP contribution in [0, 0.1) is 0 Å². The number of benzene rings is 2. The Hall–Kier alpha value is -3.03. The number of rotatable bonds is 10. The van der Waals surface area contributed by atoms with Gasteiger partial charge in [0.1, 0.15) is 12.4 Å². The Labute approximate surface area is 163 Å². The first-order valence-corrected chi connectivity index (χ1v) is 8.55. The molecule has 0 fully saturated rings. The van der Waals surface area contributed by atoms with E-state index in [2.05, 4.69) is 0 Å². The highest BCUT2D eigenvalue weighted by molar-refractivity contribution is 5.74. The molecule has 0 aliphatic heterocycles. The number of hydrogen-bond acceptors (Lipinski definition) is 7. The third kappa shape index (κ3) is 5.03. The van der Waals surface area contributed by atoms with Crippen LogP contribution in [0.5, 0.6) is 23.0 Å². The Morgan fingerprint density at radius 2 is 1.75 bits per heavy atom. The second-order valence-corrected chi connectivity index (χ2v) is 5.83. The van der Waals surface area contributed by atoms with Crippen LogP contribution in [0.4, 0.5) is 0 Å². The van der Waals surface area contributed by atoms with Crippen molar-refractivity contribution < 1.29 is 34.0 Å². The Morgan fingerprint density at radius 3 is 2.36 bits per heavy atom. The summed E-state index contributed by atoms with van der Waals surface area (Å²) in [6.07, 6.45) is 2.34. The Bertz CT molecular complexity index is 816. The minimum absolute atomic E-state index is 0.00297. The van der Waals surface area contributed by atoms with Crippen LogP contribution in [0.2, 0.25) is 0 Å². The van der Waals surface area contributed by atoms with Crippen LogP contribution >= 0.6 is 0 Å². The van der Waals surface area contributed by atoms with Crippen LogP contribution in [0.15, 0.2) is 42.5 Å². The van der Waals surface area contributed by atoms with E-state index in [0.717, 1.165) is 5.56 Å². The first-order valence-electron chi connectivity index (χ1n) is 8.55. The van der Waals surface area contributed by atoms with Crippen molar-refractivity contribution in [3.8, 4) is 23.0 Å². The Morgan fingerprint density at radius 1 is 1.00 bits per heavy atom. The zero-order valence-electron chi connectivity index (χ0n) is 16.0. The van der Waals surface area contributed by atoms with Crippen molar-refractivity contribution in [1.82, 2.24) is 0 Å². The number of aliphatic hydroxyl groups is 1. The molecule has 2 aromatic rings. The molecule has 2 rings (SSSR count). The lowest BCUT2D eigenvalue weighted by molar-refractivity contribution is -0.104. The lowest BCUT2D eigenvalue weighted by Crippen LogP contribution is -2.30. The quantitative estimate of drug-likeness (QED) is 0.477. The molecule has 2 atom stereocenters. The van der Waals surface area contributed by atoms with Crippen LogP contribution in [0.3, 0.4) is 0 Å². The maximum absolute atomic E-state index is 10.5. The number of carbonyl (C=O) groups excluding carboxylic acids is 1. The summed E-state index contributed by atoms with van der Waals surface area (Å²) in [6.45, 7) is -0.322. The topological polar surface area (TPSA) is 94.5 Å². The van der Waals surface area contributed by atoms with Gasteiger partial charge in [0.2, 0.25) is 0 Å². The third-order valence-electron chi connectivity index (χ3n) is 4.14. The fourth-order valence-electron chi connectivity index (χ4n) is 2.77. The first-order chi connectivity index (χ1) is 13.6. The molecule has 0 saturated carbocycles. The predicted molar refractivity (Wildman–Crippen MR) is 104 cm³/mol. The molecule has 0 radical (unpaired) electrons. The molecule has 150 valence electrons. The van der Waals surface area contributed by atoms with Gasteiger partial charge in [-0.05, 0) is 41.5 Å². The normalized spacial score (nSPS) is 13.1. The standard InChI is InChI=1S/C21H24O7/c1-25-18-12-15(7-8-16(18)24)21(27-3)20(13-23)28-17-9-6-14(5-4-10-22)11-19(17)26-2/h4-12,20-21,23-24H,13H2,1-3H3/t20-,21-/m1/s1. The summed E-state index contributed by atoms with van der Waals surface area (Å²) >= 11 is 0. The number of methoxy groups -OCH3 is 3. The molecule has 28 heavy (non-hydrogen) atoms. The molecule has 2 aromatic carbocycles. The van der Waals surface area contributed by atoms with Crippen molar-refractivity contribution in [2.75, 3.05) is 27.9 Å². The van der Waals surface area contributed by atoms with Gasteiger partial charge in [-0.15, -0.1) is 0 Å². The number of phenols is 1. The number of carbonyl (C=O) groups is 1. The van der Waals surface area contributed by atoms with E-state index in [0.29, 0.717) is 29.1 Å². The summed E-state index contributed by atoms with van der Waals surface area (Å²) in [5.41, 5.74) is 1.43. The molecule has 0 unspecified atom stereocenters. The van der Waals surface area contributed by atoms with E-state index in [-0.39, 0.29) is 12.4 Å². The maximum Gasteiger partial charge on any atom is 0.161 e. The van der Waals surface area contributed by atoms with Crippen molar-refractivity contribution in [3.05, 3.63) is 53.6 Å². The number of aldehydes is 1. The molecular weight excluding hydrogens is 364 g/mol. The van der Waals surface area contributed by atoms with Crippen molar-refractivity contribution in [3.63, 3.8) is 0 Å². The SMILES string of the molecule is COc1cc([C@@H](OC)[C@@H](CO)Oc2ccc(C=CC=O)cc2OC)ccc1O. The van der Waals surface area contributed by atoms with Crippen LogP contribution in [0.25, 0.3) is 6.08 Å². The smallest absolute Gasteiger partial charge is 0.161 e. The van der Waals surface area contributed by atoms with Gasteiger partial charge in [-0.1, -0.05) is 18.2 Å². The molecular formula is C21H24O7. The van der Waals surface area contributed by atoms with Gasteiger partial charge in [0, 0.05) is 7.11 Å². The molecule has 0 aliphatic carbocycles. The van der Waals surface area contributed by atoms with Crippen molar-refractivity contribution in [2.45, 2.75) is 12.2 Å². The average molecular weight is 388 g/mol. The monoisotopic (exact) mass is 388 g/mol. The lowest BCUT2D eigenvalue weighted by atomic mass is 10.0. The minimum atomic E-state index is -0.746.